The molecule has 8 aromatic rings. The summed E-state index contributed by atoms with van der Waals surface area (Å²) < 4.78 is 0. The SMILES string of the molecule is CC(C)C[C@H](NC(=O)[C@H](Cc1ccccc1)NC(=O)[C@@H]1CCCN1C(=O)[C@H](Cc1c[nH]c2ccccc12)NC(=O)[C@H](Cc1c[nH]c2ccccc12)NC(=O)[C@H](Cc1c[nH]c2ccccc12)NC(=O)[C@@H]1CCCN1C(=O)[C@H](Cc1ccccc1)NC(=O)[C@H](CCCCN)NC(=O)[C@H](CCCCN)NC(=O)[C@@H](N)C(C)C)C(=O)N[C@@H](CCCCN)C(=O)N[C@@H](CCCCN)C(=O)O. The van der Waals surface area contributed by atoms with Crippen molar-refractivity contribution in [3.8, 4) is 0 Å². The second-order valence-electron chi connectivity index (χ2n) is 34.9. The van der Waals surface area contributed by atoms with E-state index < -0.39 is 155 Å². The summed E-state index contributed by atoms with van der Waals surface area (Å²) in [5.41, 5.74) is 34.8. The number of likely N-dealkylation sites (tertiary alicyclic amines) is 2. The Labute approximate surface area is 758 Å². The first-order valence-corrected chi connectivity index (χ1v) is 45.8. The number of aromatic nitrogens is 3. The van der Waals surface area contributed by atoms with E-state index in [1.165, 1.54) is 9.80 Å². The van der Waals surface area contributed by atoms with Crippen molar-refractivity contribution in [3.05, 3.63) is 180 Å². The molecule has 13 atom stereocenters. The number of unbranched alkanes of at least 4 members (excludes halogenated alkanes) is 4. The van der Waals surface area contributed by atoms with Crippen molar-refractivity contribution in [3.63, 3.8) is 0 Å². The number of amides is 12. The third-order valence-corrected chi connectivity index (χ3v) is 24.3. The van der Waals surface area contributed by atoms with E-state index in [1.807, 2.05) is 86.6 Å². The molecule has 2 saturated heterocycles. The van der Waals surface area contributed by atoms with Crippen LogP contribution in [0.25, 0.3) is 32.7 Å². The van der Waals surface area contributed by atoms with Gasteiger partial charge in [-0.1, -0.05) is 143 Å². The molecule has 130 heavy (non-hydrogen) atoms. The highest BCUT2D eigenvalue weighted by Gasteiger charge is 2.44. The van der Waals surface area contributed by atoms with Crippen LogP contribution in [0.2, 0.25) is 0 Å². The lowest BCUT2D eigenvalue weighted by Gasteiger charge is -2.32. The molecule has 0 unspecified atom stereocenters. The van der Waals surface area contributed by atoms with E-state index in [0.29, 0.717) is 116 Å². The highest BCUT2D eigenvalue weighted by Crippen LogP contribution is 2.28. The molecule has 34 heteroatoms. The van der Waals surface area contributed by atoms with E-state index in [9.17, 15) is 33.9 Å². The molecule has 5 heterocycles. The number of hydrogen-bond donors (Lipinski definition) is 19. The minimum absolute atomic E-state index is 0.0340. The number of benzene rings is 5. The summed E-state index contributed by atoms with van der Waals surface area (Å²) in [7, 11) is 0. The summed E-state index contributed by atoms with van der Waals surface area (Å²) in [6.45, 7) is 8.59. The molecule has 2 aliphatic rings. The van der Waals surface area contributed by atoms with Crippen LogP contribution < -0.4 is 81.8 Å². The molecule has 0 saturated carbocycles. The fourth-order valence-corrected chi connectivity index (χ4v) is 17.0. The quantitative estimate of drug-likeness (QED) is 0.0239. The van der Waals surface area contributed by atoms with E-state index >= 15 is 33.6 Å². The van der Waals surface area contributed by atoms with Crippen LogP contribution in [-0.4, -0.2) is 225 Å². The van der Waals surface area contributed by atoms with Crippen molar-refractivity contribution in [1.29, 1.82) is 0 Å². The van der Waals surface area contributed by atoms with Gasteiger partial charge in [-0.15, -0.1) is 0 Å². The van der Waals surface area contributed by atoms with E-state index in [-0.39, 0.29) is 115 Å². The highest BCUT2D eigenvalue weighted by molar-refractivity contribution is 6.01. The van der Waals surface area contributed by atoms with Crippen LogP contribution in [-0.2, 0) is 94.4 Å². The van der Waals surface area contributed by atoms with Gasteiger partial charge >= 0.3 is 5.97 Å². The molecule has 24 N–H and O–H groups in total. The fourth-order valence-electron chi connectivity index (χ4n) is 17.0. The number of hydrogen-bond acceptors (Lipinski definition) is 18. The molecular formula is C96H132N20O14. The van der Waals surface area contributed by atoms with Crippen molar-refractivity contribution in [2.45, 2.75) is 247 Å². The molecule has 10 rings (SSSR count). The third kappa shape index (κ3) is 28.3. The van der Waals surface area contributed by atoms with Crippen LogP contribution in [0, 0.1) is 11.8 Å². The smallest absolute Gasteiger partial charge is 0.326 e. The number of carboxylic acids is 1. The number of H-pyrrole nitrogens is 3. The van der Waals surface area contributed by atoms with E-state index in [1.54, 1.807) is 93.1 Å². The van der Waals surface area contributed by atoms with Crippen LogP contribution in [0.3, 0.4) is 0 Å². The van der Waals surface area contributed by atoms with Crippen molar-refractivity contribution in [2.75, 3.05) is 39.3 Å². The van der Waals surface area contributed by atoms with Gasteiger partial charge < -0.3 is 112 Å². The molecule has 12 amide bonds. The normalized spacial score (nSPS) is 16.4. The van der Waals surface area contributed by atoms with Gasteiger partial charge in [0.05, 0.1) is 6.04 Å². The van der Waals surface area contributed by atoms with Crippen LogP contribution >= 0.6 is 0 Å². The number of carbonyl (C=O) groups excluding carboxylic acids is 12. The van der Waals surface area contributed by atoms with E-state index in [4.69, 9.17) is 28.7 Å². The van der Waals surface area contributed by atoms with Gasteiger partial charge in [0.2, 0.25) is 70.9 Å². The Morgan fingerprint density at radius 3 is 1.02 bits per heavy atom. The Balaban J connectivity index is 0.933. The lowest BCUT2D eigenvalue weighted by molar-refractivity contribution is -0.143. The summed E-state index contributed by atoms with van der Waals surface area (Å²) >= 11 is 0. The molecule has 0 bridgehead atoms. The zero-order chi connectivity index (χ0) is 93.3. The predicted molar refractivity (Wildman–Crippen MR) is 497 cm³/mol. The third-order valence-electron chi connectivity index (χ3n) is 24.3. The zero-order valence-electron chi connectivity index (χ0n) is 74.9. The van der Waals surface area contributed by atoms with Crippen LogP contribution in [0.1, 0.15) is 165 Å². The molecule has 2 aliphatic heterocycles. The lowest BCUT2D eigenvalue weighted by Crippen LogP contribution is -2.61. The van der Waals surface area contributed by atoms with Crippen LogP contribution in [0.15, 0.2) is 152 Å². The van der Waals surface area contributed by atoms with Gasteiger partial charge in [-0.3, -0.25) is 57.5 Å². The Kier molecular flexibility index (Phi) is 38.4. The van der Waals surface area contributed by atoms with Crippen molar-refractivity contribution < 1.29 is 67.4 Å². The van der Waals surface area contributed by atoms with Crippen LogP contribution in [0.4, 0.5) is 0 Å². The molecule has 0 aliphatic carbocycles. The minimum atomic E-state index is -1.51. The predicted octanol–water partition coefficient (Wildman–Crippen LogP) is 4.10. The Morgan fingerprint density at radius 1 is 0.354 bits per heavy atom. The maximum absolute atomic E-state index is 16.1. The minimum Gasteiger partial charge on any atom is -0.480 e. The standard InChI is InChI=1S/C96H132N20O14/c1-58(2)49-75(87(120)106-71(37-17-21-43-97)85(118)108-74(96(129)130)40-20-24-46-100)109-88(121)76(50-60-27-7-5-8-28-60)111-91(124)81-41-26-48-116(81)95(128)80(54-64-57-104-70-36-16-13-33-67(64)70)114-90(123)77(52-62-55-102-68-34-14-11-31-65(62)68)110-89(122)78(53-63-56-103-69-35-15-12-32-66(63)69)112-92(125)82-42-25-47-115(82)94(127)79(51-61-29-9-6-10-30-61)113-86(119)72(38-18-22-44-98)105-84(117)73(39-19-23-45-99)107-93(126)83(101)59(3)4/h5-16,27-36,55-59,71-83,102-104H,17-26,37-54,97-101H2,1-4H3,(H,105,117)(H,106,120)(H,107,126)(H,108,118)(H,109,121)(H,110,122)(H,111,124)(H,112,125)(H,113,119)(H,114,123)(H,129,130)/t71-,72-,73-,74-,75-,76-,77-,78-,79-,80-,81-,82-,83-/m0/s1. The van der Waals surface area contributed by atoms with Gasteiger partial charge in [-0.25, -0.2) is 4.79 Å². The number of nitrogens with two attached hydrogens (primary N) is 5. The van der Waals surface area contributed by atoms with Gasteiger partial charge in [0, 0.05) is 96.5 Å². The molecule has 5 aromatic carbocycles. The number of rotatable bonds is 52. The first-order valence-electron chi connectivity index (χ1n) is 45.8. The molecule has 0 spiro atoms. The van der Waals surface area contributed by atoms with Gasteiger partial charge in [-0.2, -0.15) is 0 Å². The lowest BCUT2D eigenvalue weighted by atomic mass is 9.99. The molecule has 700 valence electrons. The summed E-state index contributed by atoms with van der Waals surface area (Å²) in [5, 5.41) is 41.1. The first kappa shape index (κ1) is 99.8. The number of carboxylic acid groups (broad SMARTS) is 1. The second-order valence-corrected chi connectivity index (χ2v) is 34.9. The van der Waals surface area contributed by atoms with Crippen molar-refractivity contribution in [2.24, 2.45) is 40.5 Å². The number of nitrogens with zero attached hydrogens (tertiary/aromatic N) is 2. The number of aliphatic carboxylic acids is 1. The number of fused-ring (bicyclic) bond motifs is 3. The molecule has 3 aromatic heterocycles. The van der Waals surface area contributed by atoms with Crippen molar-refractivity contribution in [1.82, 2.24) is 77.9 Å². The molecule has 34 nitrogen and oxygen atoms in total. The molecule has 2 fully saturated rings. The maximum atomic E-state index is 16.1. The van der Waals surface area contributed by atoms with Gasteiger partial charge in [0.25, 0.3) is 0 Å². The Hall–Kier alpha value is -12.4. The number of para-hydroxylation sites is 3. The topological polar surface area (TPSA) is 546 Å². The monoisotopic (exact) mass is 1790 g/mol. The Bertz CT molecular complexity index is 5120. The summed E-state index contributed by atoms with van der Waals surface area (Å²) in [5.74, 6) is -10.2. The van der Waals surface area contributed by atoms with E-state index in [2.05, 4.69) is 68.1 Å². The van der Waals surface area contributed by atoms with Crippen molar-refractivity contribution >= 4 is 110 Å². The Morgan fingerprint density at radius 2 is 0.646 bits per heavy atom. The van der Waals surface area contributed by atoms with Crippen LogP contribution in [0.5, 0.6) is 0 Å². The first-order chi connectivity index (χ1) is 62.7. The maximum Gasteiger partial charge on any atom is 0.326 e. The van der Waals surface area contributed by atoms with Gasteiger partial charge in [0.1, 0.15) is 72.5 Å². The second kappa shape index (κ2) is 50.0. The van der Waals surface area contributed by atoms with E-state index in [0.717, 1.165) is 21.8 Å². The summed E-state index contributed by atoms with van der Waals surface area (Å²) in [4.78, 5) is 206. The highest BCUT2D eigenvalue weighted by atomic mass is 16.4. The largest absolute Gasteiger partial charge is 0.480 e. The van der Waals surface area contributed by atoms with Gasteiger partial charge in [-0.05, 0) is 193 Å². The van der Waals surface area contributed by atoms with Gasteiger partial charge in [0.15, 0.2) is 0 Å². The number of nitrogens with one attached hydrogen (secondary N) is 13. The summed E-state index contributed by atoms with van der Waals surface area (Å²) in [6.07, 6.45) is 9.85. The molecule has 0 radical (unpaired) electrons. The summed E-state index contributed by atoms with van der Waals surface area (Å²) in [6, 6.07) is 23.4. The average Bonchev–Trinajstić information content (AvgIpc) is 1.67. The molecular weight excluding hydrogens is 1660 g/mol. The number of aromatic amines is 3. The zero-order valence-corrected chi connectivity index (χ0v) is 74.9. The average molecular weight is 1790 g/mol. The fraction of sp³-hybridized carbons (Fsp3) is 0.490. The number of carbonyl (C=O) groups is 13.